The van der Waals surface area contributed by atoms with Crippen molar-refractivity contribution < 1.29 is 33.9 Å². The highest BCUT2D eigenvalue weighted by Crippen LogP contribution is 2.46. The highest BCUT2D eigenvalue weighted by molar-refractivity contribution is 6.11. The second-order valence-electron chi connectivity index (χ2n) is 7.09. The molecule has 154 valence electrons. The fourth-order valence-electron chi connectivity index (χ4n) is 3.99. The summed E-state index contributed by atoms with van der Waals surface area (Å²) in [5, 5.41) is 24.0. The number of benzene rings is 1. The van der Waals surface area contributed by atoms with Gasteiger partial charge in [-0.3, -0.25) is 24.5 Å². The summed E-state index contributed by atoms with van der Waals surface area (Å²) in [5.74, 6) is -4.51. The molecule has 0 radical (unpaired) electrons. The normalized spacial score (nSPS) is 23.9. The van der Waals surface area contributed by atoms with E-state index in [1.165, 1.54) is 20.3 Å². The van der Waals surface area contributed by atoms with E-state index in [2.05, 4.69) is 5.32 Å². The Hall–Kier alpha value is -3.43. The number of nitro benzene ring substituents is 1. The van der Waals surface area contributed by atoms with Crippen LogP contribution in [0.15, 0.2) is 23.4 Å². The standard InChI is InChI=1S/C19H20N2O8/c1-8-4-11-16(18(24)15(8)19(25)29-3)10(7-14(22)20-11)9-5-12(21(26)27)17(23)13(6-9)28-2/h5-6,8,10,15,23H,4,7H2,1-3H3,(H,20,22)/t8-,10+,15+/m1/s1. The number of nitro groups is 1. The number of carbonyl (C=O) groups is 3. The summed E-state index contributed by atoms with van der Waals surface area (Å²) in [4.78, 5) is 48.2. The fraction of sp³-hybridized carbons (Fsp3) is 0.421. The van der Waals surface area contributed by atoms with Gasteiger partial charge in [-0.1, -0.05) is 6.92 Å². The topological polar surface area (TPSA) is 145 Å². The van der Waals surface area contributed by atoms with Gasteiger partial charge >= 0.3 is 11.7 Å². The van der Waals surface area contributed by atoms with Crippen LogP contribution in [0.2, 0.25) is 0 Å². The number of hydrogen-bond acceptors (Lipinski definition) is 8. The summed E-state index contributed by atoms with van der Waals surface area (Å²) < 4.78 is 9.78. The number of hydrogen-bond donors (Lipinski definition) is 2. The minimum atomic E-state index is -1.02. The first-order valence-corrected chi connectivity index (χ1v) is 8.89. The third kappa shape index (κ3) is 3.41. The number of ether oxygens (including phenoxy) is 2. The molecule has 0 saturated carbocycles. The monoisotopic (exact) mass is 404 g/mol. The van der Waals surface area contributed by atoms with Crippen LogP contribution in [0, 0.1) is 22.0 Å². The number of phenolic OH excluding ortho intramolecular Hbond substituents is 1. The van der Waals surface area contributed by atoms with Gasteiger partial charge in [0, 0.05) is 29.7 Å². The minimum Gasteiger partial charge on any atom is -0.500 e. The minimum absolute atomic E-state index is 0.141. The number of ketones is 1. The molecule has 0 fully saturated rings. The fourth-order valence-corrected chi connectivity index (χ4v) is 3.99. The van der Waals surface area contributed by atoms with Gasteiger partial charge in [0.15, 0.2) is 11.5 Å². The number of methoxy groups -OCH3 is 2. The maximum Gasteiger partial charge on any atom is 0.316 e. The number of Topliss-reactive ketones (excluding diaryl/α,β-unsaturated/α-hetero) is 1. The van der Waals surface area contributed by atoms with Crippen molar-refractivity contribution in [3.63, 3.8) is 0 Å². The van der Waals surface area contributed by atoms with Gasteiger partial charge in [0.2, 0.25) is 11.7 Å². The Labute approximate surface area is 165 Å². The van der Waals surface area contributed by atoms with Gasteiger partial charge in [-0.25, -0.2) is 0 Å². The predicted octanol–water partition coefficient (Wildman–Crippen LogP) is 1.56. The van der Waals surface area contributed by atoms with Crippen molar-refractivity contribution in [2.45, 2.75) is 25.7 Å². The number of rotatable bonds is 4. The van der Waals surface area contributed by atoms with Crippen LogP contribution in [0.1, 0.15) is 31.2 Å². The average Bonchev–Trinajstić information content (AvgIpc) is 2.66. The molecule has 1 aromatic carbocycles. The summed E-state index contributed by atoms with van der Waals surface area (Å²) in [5.41, 5.74) is 0.285. The predicted molar refractivity (Wildman–Crippen MR) is 98.1 cm³/mol. The van der Waals surface area contributed by atoms with E-state index in [9.17, 15) is 29.6 Å². The molecule has 0 aromatic heterocycles. The van der Waals surface area contributed by atoms with Gasteiger partial charge in [-0.05, 0) is 24.0 Å². The van der Waals surface area contributed by atoms with Gasteiger partial charge in [0.1, 0.15) is 5.92 Å². The van der Waals surface area contributed by atoms with E-state index in [-0.39, 0.29) is 41.6 Å². The number of allylic oxidation sites excluding steroid dienone is 2. The molecule has 3 rings (SSSR count). The molecule has 0 saturated heterocycles. The zero-order valence-corrected chi connectivity index (χ0v) is 16.1. The Morgan fingerprint density at radius 2 is 1.97 bits per heavy atom. The largest absolute Gasteiger partial charge is 0.500 e. The van der Waals surface area contributed by atoms with Crippen molar-refractivity contribution in [3.05, 3.63) is 39.1 Å². The van der Waals surface area contributed by atoms with E-state index >= 15 is 0 Å². The lowest BCUT2D eigenvalue weighted by molar-refractivity contribution is -0.386. The Morgan fingerprint density at radius 1 is 1.28 bits per heavy atom. The average molecular weight is 404 g/mol. The Bertz CT molecular complexity index is 952. The highest BCUT2D eigenvalue weighted by atomic mass is 16.6. The molecule has 1 aromatic rings. The van der Waals surface area contributed by atoms with Crippen molar-refractivity contribution in [1.82, 2.24) is 5.32 Å². The number of nitrogens with zero attached hydrogens (tertiary/aromatic N) is 1. The van der Waals surface area contributed by atoms with Crippen LogP contribution in [0.5, 0.6) is 11.5 Å². The van der Waals surface area contributed by atoms with E-state index in [1.54, 1.807) is 6.92 Å². The van der Waals surface area contributed by atoms with Crippen molar-refractivity contribution in [2.24, 2.45) is 11.8 Å². The lowest BCUT2D eigenvalue weighted by Crippen LogP contribution is -2.44. The van der Waals surface area contributed by atoms with Crippen LogP contribution >= 0.6 is 0 Å². The quantitative estimate of drug-likeness (QED) is 0.333. The van der Waals surface area contributed by atoms with Crippen LogP contribution in [0.3, 0.4) is 0 Å². The van der Waals surface area contributed by atoms with Gasteiger partial charge in [-0.15, -0.1) is 0 Å². The summed E-state index contributed by atoms with van der Waals surface area (Å²) >= 11 is 0. The van der Waals surface area contributed by atoms with Crippen molar-refractivity contribution in [3.8, 4) is 11.5 Å². The van der Waals surface area contributed by atoms with Crippen LogP contribution < -0.4 is 10.1 Å². The first-order valence-electron chi connectivity index (χ1n) is 8.89. The number of nitrogens with one attached hydrogen (secondary N) is 1. The van der Waals surface area contributed by atoms with Crippen LogP contribution in [-0.4, -0.2) is 41.9 Å². The molecule has 1 aliphatic carbocycles. The van der Waals surface area contributed by atoms with Crippen LogP contribution in [-0.2, 0) is 19.1 Å². The molecule has 10 heteroatoms. The van der Waals surface area contributed by atoms with Gasteiger partial charge in [0.05, 0.1) is 19.1 Å². The Kier molecular flexibility index (Phi) is 5.27. The van der Waals surface area contributed by atoms with Crippen molar-refractivity contribution in [1.29, 1.82) is 0 Å². The molecule has 0 bridgehead atoms. The molecule has 2 aliphatic rings. The number of aromatic hydroxyl groups is 1. The lowest BCUT2D eigenvalue weighted by Gasteiger charge is -2.36. The molecule has 1 heterocycles. The SMILES string of the molecule is COC(=O)[C@@H]1C(=O)C2=C(C[C@H]1C)NC(=O)C[C@H]2c1cc(OC)c(O)c([N+](=O)[O-])c1. The Morgan fingerprint density at radius 3 is 2.55 bits per heavy atom. The third-order valence-electron chi connectivity index (χ3n) is 5.35. The summed E-state index contributed by atoms with van der Waals surface area (Å²) in [6.45, 7) is 1.72. The molecule has 0 unspecified atom stereocenters. The molecule has 3 atom stereocenters. The van der Waals surface area contributed by atoms with E-state index in [0.29, 0.717) is 5.70 Å². The molecule has 29 heavy (non-hydrogen) atoms. The number of carbonyl (C=O) groups excluding carboxylic acids is 3. The summed E-state index contributed by atoms with van der Waals surface area (Å²) in [6, 6.07) is 2.47. The number of amides is 1. The second kappa shape index (κ2) is 7.53. The number of esters is 1. The molecule has 2 N–H and O–H groups in total. The molecule has 10 nitrogen and oxygen atoms in total. The molecule has 0 spiro atoms. The molecular weight excluding hydrogens is 384 g/mol. The second-order valence-corrected chi connectivity index (χ2v) is 7.09. The maximum atomic E-state index is 13.2. The molecule has 1 aliphatic heterocycles. The van der Waals surface area contributed by atoms with E-state index in [4.69, 9.17) is 9.47 Å². The first kappa shape index (κ1) is 20.3. The van der Waals surface area contributed by atoms with Gasteiger partial charge in [0.25, 0.3) is 0 Å². The summed E-state index contributed by atoms with van der Waals surface area (Å²) in [6.07, 6.45) is 0.137. The smallest absolute Gasteiger partial charge is 0.316 e. The number of phenols is 1. The van der Waals surface area contributed by atoms with E-state index < -0.39 is 39.9 Å². The third-order valence-corrected chi connectivity index (χ3v) is 5.35. The summed E-state index contributed by atoms with van der Waals surface area (Å²) in [7, 11) is 2.43. The lowest BCUT2D eigenvalue weighted by atomic mass is 9.70. The molecule has 1 amide bonds. The maximum absolute atomic E-state index is 13.2. The van der Waals surface area contributed by atoms with Gasteiger partial charge < -0.3 is 19.9 Å². The Balaban J connectivity index is 2.17. The first-order chi connectivity index (χ1) is 13.7. The molecular formula is C19H20N2O8. The van der Waals surface area contributed by atoms with E-state index in [1.807, 2.05) is 0 Å². The van der Waals surface area contributed by atoms with Gasteiger partial charge in [-0.2, -0.15) is 0 Å². The van der Waals surface area contributed by atoms with Crippen molar-refractivity contribution in [2.75, 3.05) is 14.2 Å². The van der Waals surface area contributed by atoms with Crippen LogP contribution in [0.25, 0.3) is 0 Å². The van der Waals surface area contributed by atoms with E-state index in [0.717, 1.165) is 6.07 Å². The highest BCUT2D eigenvalue weighted by Gasteiger charge is 2.46. The zero-order chi connectivity index (χ0) is 21.5. The zero-order valence-electron chi connectivity index (χ0n) is 16.1. The van der Waals surface area contributed by atoms with Crippen molar-refractivity contribution >= 4 is 23.3 Å². The van der Waals surface area contributed by atoms with Crippen LogP contribution in [0.4, 0.5) is 5.69 Å².